The second-order valence-electron chi connectivity index (χ2n) is 8.39. The minimum Gasteiger partial charge on any atom is -0.504 e. The van der Waals surface area contributed by atoms with E-state index in [2.05, 4.69) is 0 Å². The molecule has 8 nitrogen and oxygen atoms in total. The Labute approximate surface area is 209 Å². The van der Waals surface area contributed by atoms with Gasteiger partial charge in [0.2, 0.25) is 0 Å². The number of phenolic OH excluding ortho intramolecular Hbond substituents is 2. The van der Waals surface area contributed by atoms with Gasteiger partial charge in [-0.15, -0.1) is 0 Å². The van der Waals surface area contributed by atoms with Gasteiger partial charge in [-0.25, -0.2) is 9.80 Å². The number of phenols is 2. The standard InChI is InChI=1S/C28H28N2O6/c1-35-26-15-18(9-13-24(26)31)7-11-20-17-21(12-8-19-10-14-25(32)27(16-19)36-2)30(29-20)23-6-4-3-5-22(23)28(33)34/h3-6,9-10,12-16,31-32H,7-8,11,17H2,1-2H3,(H,33,34). The highest BCUT2D eigenvalue weighted by Crippen LogP contribution is 2.33. The second kappa shape index (κ2) is 10.9. The first-order valence-electron chi connectivity index (χ1n) is 11.5. The van der Waals surface area contributed by atoms with E-state index in [-0.39, 0.29) is 17.1 Å². The molecule has 0 unspecified atom stereocenters. The smallest absolute Gasteiger partial charge is 0.337 e. The summed E-state index contributed by atoms with van der Waals surface area (Å²) >= 11 is 0. The minimum absolute atomic E-state index is 0.0725. The van der Waals surface area contributed by atoms with Crippen LogP contribution in [0.25, 0.3) is 0 Å². The number of methoxy groups -OCH3 is 2. The number of hydrogen-bond acceptors (Lipinski definition) is 7. The molecule has 1 aliphatic heterocycles. The van der Waals surface area contributed by atoms with Gasteiger partial charge in [-0.1, -0.05) is 30.3 Å². The maximum Gasteiger partial charge on any atom is 0.337 e. The number of carboxylic acids is 1. The molecule has 3 aromatic rings. The van der Waals surface area contributed by atoms with Gasteiger partial charge in [0.15, 0.2) is 23.0 Å². The van der Waals surface area contributed by atoms with E-state index in [1.807, 2.05) is 18.2 Å². The Morgan fingerprint density at radius 1 is 0.944 bits per heavy atom. The molecule has 0 saturated heterocycles. The lowest BCUT2D eigenvalue weighted by atomic mass is 10.0. The van der Waals surface area contributed by atoms with E-state index in [0.717, 1.165) is 22.5 Å². The topological polar surface area (TPSA) is 112 Å². The Bertz CT molecular complexity index is 1330. The first-order valence-corrected chi connectivity index (χ1v) is 11.5. The van der Waals surface area contributed by atoms with E-state index in [1.54, 1.807) is 53.5 Å². The largest absolute Gasteiger partial charge is 0.504 e. The number of rotatable bonds is 9. The molecule has 0 fully saturated rings. The predicted molar refractivity (Wildman–Crippen MR) is 137 cm³/mol. The number of benzene rings is 3. The molecule has 3 aromatic carbocycles. The number of aryl methyl sites for hydroxylation is 1. The number of carboxylic acid groups (broad SMARTS) is 1. The van der Waals surface area contributed by atoms with Crippen molar-refractivity contribution in [2.75, 3.05) is 19.2 Å². The van der Waals surface area contributed by atoms with Crippen molar-refractivity contribution in [3.05, 3.63) is 89.1 Å². The Kier molecular flexibility index (Phi) is 7.44. The Morgan fingerprint density at radius 3 is 2.25 bits per heavy atom. The van der Waals surface area contributed by atoms with E-state index in [0.29, 0.717) is 42.9 Å². The number of allylic oxidation sites excluding steroid dienone is 2. The van der Waals surface area contributed by atoms with Gasteiger partial charge in [0, 0.05) is 17.8 Å². The monoisotopic (exact) mass is 488 g/mol. The number of nitrogens with zero attached hydrogens (tertiary/aromatic N) is 2. The summed E-state index contributed by atoms with van der Waals surface area (Å²) in [6.07, 6.45) is 4.48. The van der Waals surface area contributed by atoms with E-state index in [4.69, 9.17) is 14.6 Å². The Hall–Kier alpha value is -4.46. The van der Waals surface area contributed by atoms with Crippen molar-refractivity contribution in [3.8, 4) is 23.0 Å². The molecule has 4 rings (SSSR count). The van der Waals surface area contributed by atoms with Crippen LogP contribution >= 0.6 is 0 Å². The number of ether oxygens (including phenoxy) is 2. The number of aromatic carboxylic acids is 1. The summed E-state index contributed by atoms with van der Waals surface area (Å²) in [7, 11) is 3.01. The summed E-state index contributed by atoms with van der Waals surface area (Å²) in [4.78, 5) is 11.9. The molecule has 0 amide bonds. The van der Waals surface area contributed by atoms with Gasteiger partial charge in [0.25, 0.3) is 0 Å². The van der Waals surface area contributed by atoms with Crippen molar-refractivity contribution < 1.29 is 29.6 Å². The minimum atomic E-state index is -1.02. The zero-order valence-electron chi connectivity index (χ0n) is 20.1. The number of hydrogen-bond donors (Lipinski definition) is 3. The second-order valence-corrected chi connectivity index (χ2v) is 8.39. The van der Waals surface area contributed by atoms with Crippen LogP contribution in [0.3, 0.4) is 0 Å². The van der Waals surface area contributed by atoms with Crippen LogP contribution in [-0.2, 0) is 12.8 Å². The van der Waals surface area contributed by atoms with Gasteiger partial charge in [-0.05, 0) is 66.8 Å². The Balaban J connectivity index is 1.61. The van der Waals surface area contributed by atoms with Crippen LogP contribution in [0.15, 0.2) is 77.5 Å². The third-order valence-corrected chi connectivity index (χ3v) is 6.03. The molecule has 1 heterocycles. The highest BCUT2D eigenvalue weighted by Gasteiger charge is 2.25. The van der Waals surface area contributed by atoms with Crippen LogP contribution in [0, 0.1) is 0 Å². The van der Waals surface area contributed by atoms with E-state index < -0.39 is 5.97 Å². The molecule has 0 bridgehead atoms. The molecule has 3 N–H and O–H groups in total. The molecule has 36 heavy (non-hydrogen) atoms. The highest BCUT2D eigenvalue weighted by atomic mass is 16.5. The lowest BCUT2D eigenvalue weighted by Crippen LogP contribution is -2.14. The van der Waals surface area contributed by atoms with Gasteiger partial charge in [-0.3, -0.25) is 0 Å². The van der Waals surface area contributed by atoms with Gasteiger partial charge in [0.1, 0.15) is 0 Å². The first-order chi connectivity index (χ1) is 17.4. The summed E-state index contributed by atoms with van der Waals surface area (Å²) in [5.41, 5.74) is 4.39. The van der Waals surface area contributed by atoms with Gasteiger partial charge >= 0.3 is 5.97 Å². The maximum absolute atomic E-state index is 11.9. The summed E-state index contributed by atoms with van der Waals surface area (Å²) in [5.74, 6) is -0.0437. The Morgan fingerprint density at radius 2 is 1.58 bits per heavy atom. The number of aromatic hydroxyl groups is 2. The van der Waals surface area contributed by atoms with Crippen molar-refractivity contribution in [1.82, 2.24) is 0 Å². The van der Waals surface area contributed by atoms with E-state index in [1.165, 1.54) is 14.2 Å². The summed E-state index contributed by atoms with van der Waals surface area (Å²) in [6.45, 7) is 0. The van der Waals surface area contributed by atoms with Crippen LogP contribution in [0.2, 0.25) is 0 Å². The molecule has 8 heteroatoms. The fourth-order valence-electron chi connectivity index (χ4n) is 4.12. The molecule has 0 atom stereocenters. The number of anilines is 1. The molecule has 0 aromatic heterocycles. The molecular weight excluding hydrogens is 460 g/mol. The third kappa shape index (κ3) is 5.43. The van der Waals surface area contributed by atoms with Crippen LogP contribution in [0.5, 0.6) is 23.0 Å². The lowest BCUT2D eigenvalue weighted by molar-refractivity contribution is 0.0697. The van der Waals surface area contributed by atoms with Crippen molar-refractivity contribution in [2.45, 2.75) is 25.7 Å². The summed E-state index contributed by atoms with van der Waals surface area (Å²) in [6, 6.07) is 17.2. The number of hydrazone groups is 1. The fraction of sp³-hybridized carbons (Fsp3) is 0.214. The molecule has 186 valence electrons. The number of para-hydroxylation sites is 1. The zero-order valence-corrected chi connectivity index (χ0v) is 20.1. The molecule has 0 saturated carbocycles. The predicted octanol–water partition coefficient (Wildman–Crippen LogP) is 5.14. The van der Waals surface area contributed by atoms with E-state index in [9.17, 15) is 20.1 Å². The molecular formula is C28H28N2O6. The lowest BCUT2D eigenvalue weighted by Gasteiger charge is -2.18. The SMILES string of the molecule is COc1cc(CC=C2CC(CCc3ccc(O)c(OC)c3)=NN2c2ccccc2C(=O)O)ccc1O. The molecule has 0 radical (unpaired) electrons. The average Bonchev–Trinajstić information content (AvgIpc) is 3.30. The van der Waals surface area contributed by atoms with Crippen molar-refractivity contribution in [1.29, 1.82) is 0 Å². The third-order valence-electron chi connectivity index (χ3n) is 6.03. The van der Waals surface area contributed by atoms with Gasteiger partial charge < -0.3 is 24.8 Å². The fourth-order valence-corrected chi connectivity index (χ4v) is 4.12. The zero-order chi connectivity index (χ0) is 25.7. The van der Waals surface area contributed by atoms with Crippen LogP contribution < -0.4 is 14.5 Å². The number of carbonyl (C=O) groups is 1. The summed E-state index contributed by atoms with van der Waals surface area (Å²) < 4.78 is 10.4. The molecule has 1 aliphatic rings. The maximum atomic E-state index is 11.9. The first kappa shape index (κ1) is 24.7. The van der Waals surface area contributed by atoms with Crippen molar-refractivity contribution in [2.24, 2.45) is 5.10 Å². The highest BCUT2D eigenvalue weighted by molar-refractivity contribution is 5.97. The van der Waals surface area contributed by atoms with Crippen LogP contribution in [0.4, 0.5) is 5.69 Å². The van der Waals surface area contributed by atoms with Gasteiger partial charge in [0.05, 0.1) is 25.5 Å². The van der Waals surface area contributed by atoms with Gasteiger partial charge in [-0.2, -0.15) is 5.10 Å². The molecule has 0 spiro atoms. The quantitative estimate of drug-likeness (QED) is 0.382. The van der Waals surface area contributed by atoms with Crippen LogP contribution in [-0.4, -0.2) is 41.2 Å². The molecule has 0 aliphatic carbocycles. The van der Waals surface area contributed by atoms with Crippen LogP contribution in [0.1, 0.15) is 34.3 Å². The van der Waals surface area contributed by atoms with Crippen molar-refractivity contribution in [3.63, 3.8) is 0 Å². The van der Waals surface area contributed by atoms with Crippen molar-refractivity contribution >= 4 is 17.4 Å². The summed E-state index contributed by atoms with van der Waals surface area (Å²) in [5, 5.41) is 36.0. The average molecular weight is 489 g/mol. The van der Waals surface area contributed by atoms with E-state index >= 15 is 0 Å². The normalized spacial score (nSPS) is 14.1.